The summed E-state index contributed by atoms with van der Waals surface area (Å²) in [6, 6.07) is 10.9. The third-order valence-corrected chi connectivity index (χ3v) is 4.51. The number of benzene rings is 1. The molecule has 0 atom stereocenters. The van der Waals surface area contributed by atoms with Gasteiger partial charge in [-0.1, -0.05) is 12.1 Å². The van der Waals surface area contributed by atoms with Gasteiger partial charge in [-0.25, -0.2) is 0 Å². The molecule has 0 saturated heterocycles. The topological polar surface area (TPSA) is 88.4 Å². The van der Waals surface area contributed by atoms with Gasteiger partial charge in [0.25, 0.3) is 5.91 Å². The first-order valence-electron chi connectivity index (χ1n) is 9.39. The fourth-order valence-electron chi connectivity index (χ4n) is 2.93. The first-order valence-corrected chi connectivity index (χ1v) is 9.39. The third-order valence-electron chi connectivity index (χ3n) is 4.51. The lowest BCUT2D eigenvalue weighted by atomic mass is 10.1. The van der Waals surface area contributed by atoms with Crippen LogP contribution in [0.5, 0.6) is 0 Å². The highest BCUT2D eigenvalue weighted by Gasteiger charge is 2.29. The maximum absolute atomic E-state index is 12.3. The molecule has 3 aromatic rings. The maximum atomic E-state index is 12.3. The molecule has 2 heterocycles. The Morgan fingerprint density at radius 3 is 2.39 bits per heavy atom. The molecule has 2 aromatic heterocycles. The van der Waals surface area contributed by atoms with E-state index in [-0.39, 0.29) is 23.3 Å². The smallest absolute Gasteiger partial charge is 0.251 e. The predicted octanol–water partition coefficient (Wildman–Crippen LogP) is 3.27. The first kappa shape index (κ1) is 18.2. The van der Waals surface area contributed by atoms with Crippen molar-refractivity contribution in [2.24, 2.45) is 5.92 Å². The Morgan fingerprint density at radius 2 is 1.75 bits per heavy atom. The van der Waals surface area contributed by atoms with Crippen molar-refractivity contribution in [2.75, 3.05) is 5.32 Å². The number of hydrogen-bond acceptors (Lipinski definition) is 4. The van der Waals surface area contributed by atoms with E-state index in [1.807, 2.05) is 55.6 Å². The molecule has 7 nitrogen and oxygen atoms in total. The molecular formula is C21H23N5O2. The molecule has 0 bridgehead atoms. The Morgan fingerprint density at radius 1 is 1.04 bits per heavy atom. The molecule has 144 valence electrons. The molecule has 1 aliphatic rings. The van der Waals surface area contributed by atoms with Crippen molar-refractivity contribution >= 4 is 23.1 Å². The molecule has 1 aromatic carbocycles. The molecular weight excluding hydrogens is 354 g/mol. The highest BCUT2D eigenvalue weighted by atomic mass is 16.2. The van der Waals surface area contributed by atoms with Crippen molar-refractivity contribution in [1.82, 2.24) is 19.9 Å². The van der Waals surface area contributed by atoms with Crippen LogP contribution >= 0.6 is 0 Å². The van der Waals surface area contributed by atoms with E-state index in [1.165, 1.54) is 0 Å². The quantitative estimate of drug-likeness (QED) is 0.730. The minimum Gasteiger partial charge on any atom is -0.347 e. The molecule has 1 saturated carbocycles. The van der Waals surface area contributed by atoms with Gasteiger partial charge < -0.3 is 10.6 Å². The van der Waals surface area contributed by atoms with E-state index in [0.29, 0.717) is 22.7 Å². The molecule has 2 amide bonds. The summed E-state index contributed by atoms with van der Waals surface area (Å²) in [7, 11) is 0. The van der Waals surface area contributed by atoms with Crippen molar-refractivity contribution in [2.45, 2.75) is 39.2 Å². The van der Waals surface area contributed by atoms with E-state index in [1.54, 1.807) is 12.1 Å². The summed E-state index contributed by atoms with van der Waals surface area (Å²) in [5.41, 5.74) is 2.54. The van der Waals surface area contributed by atoms with Gasteiger partial charge in [-0.2, -0.15) is 0 Å². The zero-order valence-electron chi connectivity index (χ0n) is 16.2. The molecule has 2 N–H and O–H groups in total. The van der Waals surface area contributed by atoms with E-state index >= 15 is 0 Å². The fraction of sp³-hybridized carbons (Fsp3) is 0.333. The number of pyridine rings is 1. The Bertz CT molecular complexity index is 1040. The van der Waals surface area contributed by atoms with Gasteiger partial charge in [0.1, 0.15) is 0 Å². The van der Waals surface area contributed by atoms with Gasteiger partial charge in [0.05, 0.1) is 5.69 Å². The van der Waals surface area contributed by atoms with Crippen LogP contribution in [0.2, 0.25) is 0 Å². The largest absolute Gasteiger partial charge is 0.347 e. The normalized spacial score (nSPS) is 14.1. The SMILES string of the molecule is CC(C)(C)NC(=O)c1ccc(-c2nnc3ccc(NC(=O)C4CC4)cn23)cc1. The van der Waals surface area contributed by atoms with Crippen LogP contribution < -0.4 is 10.6 Å². The van der Waals surface area contributed by atoms with Crippen molar-refractivity contribution in [3.05, 3.63) is 48.2 Å². The van der Waals surface area contributed by atoms with Crippen LogP contribution in [0.1, 0.15) is 44.0 Å². The highest BCUT2D eigenvalue weighted by Crippen LogP contribution is 2.30. The van der Waals surface area contributed by atoms with Gasteiger partial charge in [0, 0.05) is 28.8 Å². The van der Waals surface area contributed by atoms with Crippen molar-refractivity contribution < 1.29 is 9.59 Å². The van der Waals surface area contributed by atoms with Crippen LogP contribution in [0.3, 0.4) is 0 Å². The summed E-state index contributed by atoms with van der Waals surface area (Å²) in [5.74, 6) is 0.738. The molecule has 0 spiro atoms. The molecule has 7 heteroatoms. The molecule has 0 unspecified atom stereocenters. The molecule has 4 rings (SSSR count). The van der Waals surface area contributed by atoms with Crippen LogP contribution in [0.15, 0.2) is 42.6 Å². The minimum absolute atomic E-state index is 0.0585. The zero-order valence-corrected chi connectivity index (χ0v) is 16.2. The van der Waals surface area contributed by atoms with Gasteiger partial charge in [0.15, 0.2) is 11.5 Å². The lowest BCUT2D eigenvalue weighted by Crippen LogP contribution is -2.40. The average Bonchev–Trinajstić information content (AvgIpc) is 3.41. The minimum atomic E-state index is -0.291. The standard InChI is InChI=1S/C21H23N5O2/c1-21(2,3)23-20(28)15-6-4-13(5-7-15)18-25-24-17-11-10-16(12-26(17)18)22-19(27)14-8-9-14/h4-7,10-12,14H,8-9H2,1-3H3,(H,22,27)(H,23,28). The van der Waals surface area contributed by atoms with Gasteiger partial charge in [-0.05, 0) is 57.9 Å². The summed E-state index contributed by atoms with van der Waals surface area (Å²) in [6.07, 6.45) is 3.74. The van der Waals surface area contributed by atoms with Crippen molar-refractivity contribution in [3.8, 4) is 11.4 Å². The zero-order chi connectivity index (χ0) is 19.9. The number of carbonyl (C=O) groups is 2. The van der Waals surface area contributed by atoms with Crippen LogP contribution in [0.4, 0.5) is 5.69 Å². The average molecular weight is 377 g/mol. The summed E-state index contributed by atoms with van der Waals surface area (Å²) >= 11 is 0. The number of hydrogen-bond donors (Lipinski definition) is 2. The molecule has 1 aliphatic carbocycles. The lowest BCUT2D eigenvalue weighted by Gasteiger charge is -2.20. The van der Waals surface area contributed by atoms with E-state index < -0.39 is 0 Å². The highest BCUT2D eigenvalue weighted by molar-refractivity contribution is 5.95. The summed E-state index contributed by atoms with van der Waals surface area (Å²) in [5, 5.41) is 14.3. The second-order valence-corrected chi connectivity index (χ2v) is 8.21. The van der Waals surface area contributed by atoms with Crippen LogP contribution in [-0.2, 0) is 4.79 Å². The van der Waals surface area contributed by atoms with Crippen LogP contribution in [-0.4, -0.2) is 32.0 Å². The van der Waals surface area contributed by atoms with Gasteiger partial charge >= 0.3 is 0 Å². The van der Waals surface area contributed by atoms with E-state index in [0.717, 1.165) is 18.4 Å². The summed E-state index contributed by atoms with van der Waals surface area (Å²) in [6.45, 7) is 5.84. The molecule has 1 fully saturated rings. The van der Waals surface area contributed by atoms with Gasteiger partial charge in [-0.15, -0.1) is 10.2 Å². The number of rotatable bonds is 4. The number of nitrogens with one attached hydrogen (secondary N) is 2. The Balaban J connectivity index is 1.59. The van der Waals surface area contributed by atoms with E-state index in [2.05, 4.69) is 20.8 Å². The fourth-order valence-corrected chi connectivity index (χ4v) is 2.93. The predicted molar refractivity (Wildman–Crippen MR) is 107 cm³/mol. The second-order valence-electron chi connectivity index (χ2n) is 8.21. The first-order chi connectivity index (χ1) is 13.3. The monoisotopic (exact) mass is 377 g/mol. The second kappa shape index (κ2) is 6.74. The van der Waals surface area contributed by atoms with Gasteiger partial charge in [-0.3, -0.25) is 14.0 Å². The number of nitrogens with zero attached hydrogens (tertiary/aromatic N) is 3. The van der Waals surface area contributed by atoms with Gasteiger partial charge in [0.2, 0.25) is 5.91 Å². The third kappa shape index (κ3) is 3.88. The number of aromatic nitrogens is 3. The van der Waals surface area contributed by atoms with Crippen LogP contribution in [0.25, 0.3) is 17.0 Å². The Hall–Kier alpha value is -3.22. The number of amides is 2. The Labute approximate surface area is 163 Å². The number of fused-ring (bicyclic) bond motifs is 1. The summed E-state index contributed by atoms with van der Waals surface area (Å²) in [4.78, 5) is 24.3. The molecule has 0 aliphatic heterocycles. The molecule has 28 heavy (non-hydrogen) atoms. The van der Waals surface area contributed by atoms with Crippen molar-refractivity contribution in [1.29, 1.82) is 0 Å². The maximum Gasteiger partial charge on any atom is 0.251 e. The van der Waals surface area contributed by atoms with Crippen LogP contribution in [0, 0.1) is 5.92 Å². The Kier molecular flexibility index (Phi) is 4.37. The van der Waals surface area contributed by atoms with E-state index in [9.17, 15) is 9.59 Å². The number of carbonyl (C=O) groups excluding carboxylic acids is 2. The lowest BCUT2D eigenvalue weighted by molar-refractivity contribution is -0.117. The summed E-state index contributed by atoms with van der Waals surface area (Å²) < 4.78 is 1.84. The molecule has 0 radical (unpaired) electrons. The van der Waals surface area contributed by atoms with E-state index in [4.69, 9.17) is 0 Å². The number of anilines is 1. The van der Waals surface area contributed by atoms with Crippen molar-refractivity contribution in [3.63, 3.8) is 0 Å².